The van der Waals surface area contributed by atoms with Gasteiger partial charge in [-0.3, -0.25) is 0 Å². The van der Waals surface area contributed by atoms with Crippen LogP contribution < -0.4 is 4.90 Å². The van der Waals surface area contributed by atoms with Gasteiger partial charge in [0.05, 0.1) is 0 Å². The molecule has 0 fully saturated rings. The van der Waals surface area contributed by atoms with Crippen molar-refractivity contribution in [3.8, 4) is 27.0 Å². The molecule has 0 spiro atoms. The average molecular weight is 499 g/mol. The van der Waals surface area contributed by atoms with E-state index in [1.807, 2.05) is 60.7 Å². The summed E-state index contributed by atoms with van der Waals surface area (Å²) in [5.74, 6) is -1.23. The van der Waals surface area contributed by atoms with E-state index in [1.165, 1.54) is 6.08 Å². The van der Waals surface area contributed by atoms with Crippen LogP contribution >= 0.6 is 11.3 Å². The summed E-state index contributed by atoms with van der Waals surface area (Å²) in [7, 11) is 0. The summed E-state index contributed by atoms with van der Waals surface area (Å²) in [4.78, 5) is 15.6. The lowest BCUT2D eigenvalue weighted by Gasteiger charge is -2.25. The highest BCUT2D eigenvalue weighted by Crippen LogP contribution is 2.38. The van der Waals surface area contributed by atoms with Crippen molar-refractivity contribution < 1.29 is 9.90 Å². The molecular weight excluding hydrogens is 476 g/mol. The first-order chi connectivity index (χ1) is 18.1. The molecule has 1 heterocycles. The topological polar surface area (TPSA) is 64.3 Å². The first kappa shape index (κ1) is 23.8. The van der Waals surface area contributed by atoms with Crippen LogP contribution in [0, 0.1) is 11.3 Å². The summed E-state index contributed by atoms with van der Waals surface area (Å²) >= 11 is 1.70. The predicted molar refractivity (Wildman–Crippen MR) is 151 cm³/mol. The average Bonchev–Trinajstić information content (AvgIpc) is 3.44. The van der Waals surface area contributed by atoms with Crippen LogP contribution in [0.1, 0.15) is 5.56 Å². The molecule has 1 N–H and O–H groups in total. The summed E-state index contributed by atoms with van der Waals surface area (Å²) in [6, 6.07) is 42.7. The van der Waals surface area contributed by atoms with Gasteiger partial charge in [-0.1, -0.05) is 72.8 Å². The van der Waals surface area contributed by atoms with E-state index in [2.05, 4.69) is 65.6 Å². The Hall–Kier alpha value is -4.92. The molecule has 0 aliphatic rings. The van der Waals surface area contributed by atoms with Gasteiger partial charge in [-0.25, -0.2) is 4.79 Å². The lowest BCUT2D eigenvalue weighted by atomic mass is 10.1. The minimum Gasteiger partial charge on any atom is -0.477 e. The van der Waals surface area contributed by atoms with Gasteiger partial charge in [-0.15, -0.1) is 11.3 Å². The SMILES string of the molecule is N#C/C(=C\c1ccc(-c2ccc(-c3ccc(N(c4ccccc4)c4ccccc4)cc3)s2)cc1)C(=O)O. The number of rotatable bonds is 7. The van der Waals surface area contributed by atoms with E-state index in [0.717, 1.165) is 37.9 Å². The molecule has 0 saturated carbocycles. The lowest BCUT2D eigenvalue weighted by Crippen LogP contribution is -2.09. The number of nitriles is 1. The molecule has 4 aromatic carbocycles. The Morgan fingerprint density at radius 3 is 1.59 bits per heavy atom. The van der Waals surface area contributed by atoms with Crippen LogP contribution in [0.4, 0.5) is 17.1 Å². The summed E-state index contributed by atoms with van der Waals surface area (Å²) in [5.41, 5.74) is 5.86. The third-order valence-electron chi connectivity index (χ3n) is 5.90. The summed E-state index contributed by atoms with van der Waals surface area (Å²) in [6.45, 7) is 0. The molecule has 37 heavy (non-hydrogen) atoms. The minimum absolute atomic E-state index is 0.285. The zero-order valence-electron chi connectivity index (χ0n) is 19.8. The Balaban J connectivity index is 1.39. The van der Waals surface area contributed by atoms with Crippen LogP contribution in [0.3, 0.4) is 0 Å². The number of anilines is 3. The van der Waals surface area contributed by atoms with Crippen LogP contribution in [0.15, 0.2) is 127 Å². The van der Waals surface area contributed by atoms with Crippen molar-refractivity contribution in [1.82, 2.24) is 0 Å². The molecule has 1 aromatic heterocycles. The zero-order chi connectivity index (χ0) is 25.6. The van der Waals surface area contributed by atoms with Gasteiger partial charge in [0.1, 0.15) is 11.6 Å². The molecule has 0 aliphatic carbocycles. The van der Waals surface area contributed by atoms with E-state index in [-0.39, 0.29) is 5.57 Å². The Bertz CT molecular complexity index is 1540. The number of benzene rings is 4. The number of hydrogen-bond acceptors (Lipinski definition) is 4. The van der Waals surface area contributed by atoms with Gasteiger partial charge in [0.2, 0.25) is 0 Å². The summed E-state index contributed by atoms with van der Waals surface area (Å²) < 4.78 is 0. The standard InChI is InChI=1S/C32H22N2O2S/c33-22-26(32(35)36)21-23-11-13-24(14-12-23)30-19-20-31(37-30)25-15-17-29(18-16-25)34(27-7-3-1-4-8-27)28-9-5-2-6-10-28/h1-21H,(H,35,36)/b26-21+. The number of aliphatic carboxylic acids is 1. The molecule has 0 bridgehead atoms. The van der Waals surface area contributed by atoms with Crippen LogP contribution in [0.5, 0.6) is 0 Å². The first-order valence-corrected chi connectivity index (χ1v) is 12.5. The monoisotopic (exact) mass is 498 g/mol. The number of para-hydroxylation sites is 2. The third kappa shape index (κ3) is 5.35. The van der Waals surface area contributed by atoms with Gasteiger partial charge in [0.25, 0.3) is 0 Å². The molecule has 0 amide bonds. The molecule has 178 valence electrons. The van der Waals surface area contributed by atoms with Crippen molar-refractivity contribution >= 4 is 40.4 Å². The maximum atomic E-state index is 11.1. The summed E-state index contributed by atoms with van der Waals surface area (Å²) in [6.07, 6.45) is 1.38. The molecule has 0 atom stereocenters. The molecule has 5 heteroatoms. The van der Waals surface area contributed by atoms with E-state index < -0.39 is 5.97 Å². The van der Waals surface area contributed by atoms with Crippen molar-refractivity contribution in [2.45, 2.75) is 0 Å². The van der Waals surface area contributed by atoms with E-state index in [0.29, 0.717) is 5.56 Å². The van der Waals surface area contributed by atoms with Crippen LogP contribution in [-0.4, -0.2) is 11.1 Å². The number of carboxylic acids is 1. The largest absolute Gasteiger partial charge is 0.477 e. The summed E-state index contributed by atoms with van der Waals surface area (Å²) in [5, 5.41) is 18.0. The molecule has 0 saturated heterocycles. The molecule has 4 nitrogen and oxygen atoms in total. The maximum Gasteiger partial charge on any atom is 0.346 e. The van der Waals surface area contributed by atoms with Crippen molar-refractivity contribution in [3.63, 3.8) is 0 Å². The lowest BCUT2D eigenvalue weighted by molar-refractivity contribution is -0.132. The van der Waals surface area contributed by atoms with Crippen molar-refractivity contribution in [2.75, 3.05) is 4.90 Å². The number of carbonyl (C=O) groups is 1. The molecule has 5 aromatic rings. The number of carboxylic acid groups (broad SMARTS) is 1. The minimum atomic E-state index is -1.23. The number of nitrogens with zero attached hydrogens (tertiary/aromatic N) is 2. The number of thiophene rings is 1. The van der Waals surface area contributed by atoms with Gasteiger partial charge in [-0.2, -0.15) is 5.26 Å². The second-order valence-electron chi connectivity index (χ2n) is 8.31. The molecule has 0 aliphatic heterocycles. The quantitative estimate of drug-likeness (QED) is 0.180. The van der Waals surface area contributed by atoms with Crippen LogP contribution in [0.2, 0.25) is 0 Å². The van der Waals surface area contributed by atoms with Crippen molar-refractivity contribution in [3.05, 3.63) is 132 Å². The fraction of sp³-hybridized carbons (Fsp3) is 0. The van der Waals surface area contributed by atoms with Gasteiger partial charge >= 0.3 is 5.97 Å². The fourth-order valence-corrected chi connectivity index (χ4v) is 5.09. The second-order valence-corrected chi connectivity index (χ2v) is 9.40. The predicted octanol–water partition coefficient (Wildman–Crippen LogP) is 8.54. The van der Waals surface area contributed by atoms with Crippen molar-refractivity contribution in [1.29, 1.82) is 5.26 Å². The van der Waals surface area contributed by atoms with Crippen LogP contribution in [-0.2, 0) is 4.79 Å². The Morgan fingerprint density at radius 1 is 0.676 bits per heavy atom. The normalized spacial score (nSPS) is 11.1. The highest BCUT2D eigenvalue weighted by Gasteiger charge is 2.13. The molecule has 0 radical (unpaired) electrons. The highest BCUT2D eigenvalue weighted by molar-refractivity contribution is 7.18. The molecule has 5 rings (SSSR count). The number of hydrogen-bond donors (Lipinski definition) is 1. The van der Waals surface area contributed by atoms with Gasteiger partial charge in [0.15, 0.2) is 0 Å². The van der Waals surface area contributed by atoms with Crippen LogP contribution in [0.25, 0.3) is 27.0 Å². The van der Waals surface area contributed by atoms with E-state index in [4.69, 9.17) is 10.4 Å². The Kier molecular flexibility index (Phi) is 6.93. The fourth-order valence-electron chi connectivity index (χ4n) is 4.08. The van der Waals surface area contributed by atoms with Crippen molar-refractivity contribution in [2.24, 2.45) is 0 Å². The molecular formula is C32H22N2O2S. The zero-order valence-corrected chi connectivity index (χ0v) is 20.6. The van der Waals surface area contributed by atoms with Gasteiger partial charge < -0.3 is 10.0 Å². The van der Waals surface area contributed by atoms with Gasteiger partial charge in [-0.05, 0) is 71.3 Å². The van der Waals surface area contributed by atoms with E-state index in [9.17, 15) is 4.79 Å². The third-order valence-corrected chi connectivity index (χ3v) is 7.09. The first-order valence-electron chi connectivity index (χ1n) is 11.7. The highest BCUT2D eigenvalue weighted by atomic mass is 32.1. The van der Waals surface area contributed by atoms with Gasteiger partial charge in [0, 0.05) is 26.8 Å². The maximum absolute atomic E-state index is 11.1. The molecule has 0 unspecified atom stereocenters. The Labute approximate surface area is 219 Å². The second kappa shape index (κ2) is 10.8. The van der Waals surface area contributed by atoms with E-state index in [1.54, 1.807) is 17.4 Å². The van der Waals surface area contributed by atoms with E-state index >= 15 is 0 Å². The smallest absolute Gasteiger partial charge is 0.346 e. The Morgan fingerprint density at radius 2 is 1.14 bits per heavy atom.